The second-order valence-electron chi connectivity index (χ2n) is 7.88. The molecule has 162 valence electrons. The molecule has 0 atom stereocenters. The molecule has 0 saturated carbocycles. The average Bonchev–Trinajstić information content (AvgIpc) is 2.78. The van der Waals surface area contributed by atoms with Gasteiger partial charge in [-0.05, 0) is 43.7 Å². The van der Waals surface area contributed by atoms with Gasteiger partial charge in [-0.15, -0.1) is 0 Å². The van der Waals surface area contributed by atoms with Crippen molar-refractivity contribution in [2.45, 2.75) is 25.9 Å². The number of para-hydroxylation sites is 1. The monoisotopic (exact) mass is 433 g/mol. The van der Waals surface area contributed by atoms with Crippen LogP contribution in [0.3, 0.4) is 0 Å². The molecule has 0 aliphatic rings. The number of pyridine rings is 1. The van der Waals surface area contributed by atoms with Crippen molar-refractivity contribution in [1.82, 2.24) is 4.98 Å². The first-order chi connectivity index (χ1) is 15.4. The van der Waals surface area contributed by atoms with Crippen molar-refractivity contribution in [2.24, 2.45) is 0 Å². The van der Waals surface area contributed by atoms with Gasteiger partial charge < -0.3 is 9.47 Å². The molecule has 0 aliphatic heterocycles. The summed E-state index contributed by atoms with van der Waals surface area (Å²) in [7, 11) is 0. The molecule has 4 aromatic rings. The first kappa shape index (κ1) is 21.4. The Morgan fingerprint density at radius 3 is 2.44 bits per heavy atom. The lowest BCUT2D eigenvalue weighted by molar-refractivity contribution is -0.150. The van der Waals surface area contributed by atoms with Gasteiger partial charge in [0.05, 0.1) is 11.6 Å². The molecule has 0 spiro atoms. The molecule has 4 rings (SSSR count). The number of fused-ring (bicyclic) bond motifs is 1. The van der Waals surface area contributed by atoms with Gasteiger partial charge in [-0.1, -0.05) is 48.5 Å². The first-order valence-corrected chi connectivity index (χ1v) is 10.1. The highest BCUT2D eigenvalue weighted by atomic mass is 19.1. The van der Waals surface area contributed by atoms with Crippen LogP contribution in [0.25, 0.3) is 10.9 Å². The largest absolute Gasteiger partial charge is 0.460 e. The third-order valence-corrected chi connectivity index (χ3v) is 5.19. The zero-order chi connectivity index (χ0) is 22.7. The minimum atomic E-state index is -1.33. The minimum Gasteiger partial charge on any atom is -0.460 e. The van der Waals surface area contributed by atoms with Crippen LogP contribution in [0, 0.1) is 11.6 Å². The van der Waals surface area contributed by atoms with E-state index in [9.17, 15) is 13.6 Å². The molecule has 6 heteroatoms. The van der Waals surface area contributed by atoms with Crippen molar-refractivity contribution >= 4 is 16.9 Å². The number of benzene rings is 3. The maximum Gasteiger partial charge on any atom is 0.316 e. The second-order valence-corrected chi connectivity index (χ2v) is 7.88. The van der Waals surface area contributed by atoms with E-state index in [1.54, 1.807) is 38.1 Å². The summed E-state index contributed by atoms with van der Waals surface area (Å²) in [6.07, 6.45) is 1.36. The number of carbonyl (C=O) groups excluding carboxylic acids is 1. The van der Waals surface area contributed by atoms with Crippen LogP contribution in [-0.2, 0) is 21.6 Å². The van der Waals surface area contributed by atoms with E-state index in [1.165, 1.54) is 24.4 Å². The van der Waals surface area contributed by atoms with Gasteiger partial charge in [0, 0.05) is 10.9 Å². The summed E-state index contributed by atoms with van der Waals surface area (Å²) in [6.45, 7) is 3.24. The molecule has 1 aromatic heterocycles. The molecule has 0 radical (unpaired) electrons. The number of ether oxygens (including phenoxy) is 2. The molecule has 3 aromatic carbocycles. The fraction of sp³-hybridized carbons (Fsp3) is 0.154. The van der Waals surface area contributed by atoms with Crippen LogP contribution in [0.5, 0.6) is 11.5 Å². The lowest BCUT2D eigenvalue weighted by Crippen LogP contribution is -2.32. The zero-order valence-corrected chi connectivity index (χ0v) is 17.6. The van der Waals surface area contributed by atoms with Crippen molar-refractivity contribution < 1.29 is 23.0 Å². The summed E-state index contributed by atoms with van der Waals surface area (Å²) >= 11 is 0. The maximum absolute atomic E-state index is 14.9. The van der Waals surface area contributed by atoms with E-state index in [2.05, 4.69) is 4.98 Å². The Morgan fingerprint density at radius 2 is 1.66 bits per heavy atom. The van der Waals surface area contributed by atoms with Crippen molar-refractivity contribution in [3.63, 3.8) is 0 Å². The van der Waals surface area contributed by atoms with Crippen LogP contribution in [0.15, 0.2) is 79.0 Å². The van der Waals surface area contributed by atoms with E-state index in [-0.39, 0.29) is 23.4 Å². The Bertz CT molecular complexity index is 1270. The fourth-order valence-corrected chi connectivity index (χ4v) is 3.49. The lowest BCUT2D eigenvalue weighted by Gasteiger charge is -2.26. The van der Waals surface area contributed by atoms with Crippen LogP contribution in [0.4, 0.5) is 8.78 Å². The molecule has 4 nitrogen and oxygen atoms in total. The topological polar surface area (TPSA) is 48.4 Å². The van der Waals surface area contributed by atoms with E-state index in [0.29, 0.717) is 11.1 Å². The first-order valence-electron chi connectivity index (χ1n) is 10.1. The second kappa shape index (κ2) is 8.75. The van der Waals surface area contributed by atoms with Crippen LogP contribution in [-0.4, -0.2) is 11.0 Å². The number of rotatable bonds is 6. The van der Waals surface area contributed by atoms with E-state index in [1.807, 2.05) is 30.3 Å². The Hall–Kier alpha value is -3.80. The average molecular weight is 433 g/mol. The molecular weight excluding hydrogens is 412 g/mol. The Labute approximate surface area is 184 Å². The number of halogens is 2. The number of nitrogens with zero attached hydrogens (tertiary/aromatic N) is 1. The van der Waals surface area contributed by atoms with Gasteiger partial charge in [-0.25, -0.2) is 13.8 Å². The highest BCUT2D eigenvalue weighted by Gasteiger charge is 2.37. The van der Waals surface area contributed by atoms with Gasteiger partial charge in [0.2, 0.25) is 0 Å². The number of esters is 1. The number of carbonyl (C=O) groups is 1. The number of hydrogen-bond donors (Lipinski definition) is 0. The van der Waals surface area contributed by atoms with E-state index in [0.717, 1.165) is 5.56 Å². The van der Waals surface area contributed by atoms with E-state index < -0.39 is 23.0 Å². The zero-order valence-electron chi connectivity index (χ0n) is 17.6. The predicted octanol–water partition coefficient (Wildman–Crippen LogP) is 6.33. The van der Waals surface area contributed by atoms with Gasteiger partial charge in [-0.2, -0.15) is 0 Å². The number of hydrogen-bond acceptors (Lipinski definition) is 4. The molecule has 0 fully saturated rings. The highest BCUT2D eigenvalue weighted by molar-refractivity contribution is 5.83. The molecule has 0 N–H and O–H groups in total. The van der Waals surface area contributed by atoms with E-state index in [4.69, 9.17) is 9.47 Å². The van der Waals surface area contributed by atoms with Crippen LogP contribution < -0.4 is 4.74 Å². The summed E-state index contributed by atoms with van der Waals surface area (Å²) in [6, 6.07) is 19.8. The van der Waals surface area contributed by atoms with Crippen molar-refractivity contribution in [3.8, 4) is 11.5 Å². The fourth-order valence-electron chi connectivity index (χ4n) is 3.49. The Kier molecular flexibility index (Phi) is 5.86. The van der Waals surface area contributed by atoms with Gasteiger partial charge in [0.15, 0.2) is 0 Å². The van der Waals surface area contributed by atoms with Crippen molar-refractivity contribution in [1.29, 1.82) is 0 Å². The smallest absolute Gasteiger partial charge is 0.316 e. The standard InChI is InChI=1S/C26H21F2NO3/c1-26(2,25(30)31-16-17-8-4-3-5-9-17)23-20(27)11-7-13-22(23)32-19-14-18-10-6-12-21(28)24(18)29-15-19/h3-15H,16H2,1-2H3. The molecule has 1 heterocycles. The summed E-state index contributed by atoms with van der Waals surface area (Å²) in [5.74, 6) is -1.17. The minimum absolute atomic E-state index is 0.0670. The van der Waals surface area contributed by atoms with Crippen molar-refractivity contribution in [2.75, 3.05) is 0 Å². The number of aromatic nitrogens is 1. The lowest BCUT2D eigenvalue weighted by atomic mass is 9.83. The van der Waals surface area contributed by atoms with Gasteiger partial charge >= 0.3 is 5.97 Å². The van der Waals surface area contributed by atoms with E-state index >= 15 is 0 Å². The predicted molar refractivity (Wildman–Crippen MR) is 117 cm³/mol. The third-order valence-electron chi connectivity index (χ3n) is 5.19. The summed E-state index contributed by atoms with van der Waals surface area (Å²) in [5.41, 5.74) is -0.219. The Morgan fingerprint density at radius 1 is 0.938 bits per heavy atom. The van der Waals surface area contributed by atoms with Gasteiger partial charge in [-0.3, -0.25) is 4.79 Å². The molecule has 0 bridgehead atoms. The normalized spacial score (nSPS) is 11.4. The van der Waals surface area contributed by atoms with Crippen LogP contribution in [0.2, 0.25) is 0 Å². The molecular formula is C26H21F2NO3. The molecule has 0 saturated heterocycles. The highest BCUT2D eigenvalue weighted by Crippen LogP contribution is 2.38. The van der Waals surface area contributed by atoms with Gasteiger partial charge in [0.1, 0.15) is 35.3 Å². The van der Waals surface area contributed by atoms with Crippen LogP contribution in [0.1, 0.15) is 25.0 Å². The molecule has 0 amide bonds. The molecule has 32 heavy (non-hydrogen) atoms. The maximum atomic E-state index is 14.9. The van der Waals surface area contributed by atoms with Gasteiger partial charge in [0.25, 0.3) is 0 Å². The molecule has 0 aliphatic carbocycles. The van der Waals surface area contributed by atoms with Crippen LogP contribution >= 0.6 is 0 Å². The van der Waals surface area contributed by atoms with Crippen molar-refractivity contribution in [3.05, 3.63) is 102 Å². The third kappa shape index (κ3) is 4.30. The summed E-state index contributed by atoms with van der Waals surface area (Å²) in [5, 5.41) is 0.544. The summed E-state index contributed by atoms with van der Waals surface area (Å²) in [4.78, 5) is 17.0. The summed E-state index contributed by atoms with van der Waals surface area (Å²) < 4.78 is 40.2. The SMILES string of the molecule is CC(C)(C(=O)OCc1ccccc1)c1c(F)cccc1Oc1cnc2c(F)cccc2c1. The quantitative estimate of drug-likeness (QED) is 0.334. The Balaban J connectivity index is 1.63. The molecule has 0 unspecified atom stereocenters.